The molecule has 3 rings (SSSR count). The van der Waals surface area contributed by atoms with E-state index >= 15 is 0 Å². The van der Waals surface area contributed by atoms with Crippen LogP contribution in [-0.2, 0) is 6.42 Å². The predicted octanol–water partition coefficient (Wildman–Crippen LogP) is -0.541. The summed E-state index contributed by atoms with van der Waals surface area (Å²) in [5.41, 5.74) is 2.45. The van der Waals surface area contributed by atoms with Crippen LogP contribution in [0.15, 0.2) is 22.8 Å². The van der Waals surface area contributed by atoms with Crippen LogP contribution in [0.4, 0.5) is 0 Å². The highest BCUT2D eigenvalue weighted by molar-refractivity contribution is 5.73. The molecule has 2 aromatic rings. The first kappa shape index (κ1) is 10.6. The van der Waals surface area contributed by atoms with Crippen LogP contribution in [0.2, 0.25) is 0 Å². The standard InChI is InChI=1S/C11H13N3O3/c15-10-5-12-9(11(10)16)4-6-1-2-7-8(3-6)14-17-13-7/h1-3,9-12,15-16H,4-5H2/t9-,10+,11+/m1/s1. The first-order valence-corrected chi connectivity index (χ1v) is 5.55. The van der Waals surface area contributed by atoms with Gasteiger partial charge in [-0.3, -0.25) is 0 Å². The van der Waals surface area contributed by atoms with Crippen molar-refractivity contribution in [1.82, 2.24) is 15.6 Å². The van der Waals surface area contributed by atoms with Crippen molar-refractivity contribution in [3.05, 3.63) is 23.8 Å². The molecular formula is C11H13N3O3. The van der Waals surface area contributed by atoms with E-state index in [4.69, 9.17) is 0 Å². The molecule has 1 fully saturated rings. The molecule has 6 nitrogen and oxygen atoms in total. The maximum Gasteiger partial charge on any atom is 0.135 e. The van der Waals surface area contributed by atoms with Crippen molar-refractivity contribution in [3.63, 3.8) is 0 Å². The minimum atomic E-state index is -0.721. The number of nitrogens with zero attached hydrogens (tertiary/aromatic N) is 2. The van der Waals surface area contributed by atoms with Gasteiger partial charge in [-0.25, -0.2) is 4.63 Å². The first-order chi connectivity index (χ1) is 8.24. The van der Waals surface area contributed by atoms with E-state index in [-0.39, 0.29) is 6.04 Å². The number of aromatic nitrogens is 2. The summed E-state index contributed by atoms with van der Waals surface area (Å²) < 4.78 is 4.62. The van der Waals surface area contributed by atoms with Crippen molar-refractivity contribution in [2.75, 3.05) is 6.54 Å². The summed E-state index contributed by atoms with van der Waals surface area (Å²) in [6.07, 6.45) is -0.764. The molecule has 0 radical (unpaired) electrons. The predicted molar refractivity (Wildman–Crippen MR) is 59.3 cm³/mol. The zero-order valence-electron chi connectivity index (χ0n) is 9.08. The fourth-order valence-corrected chi connectivity index (χ4v) is 2.18. The number of nitrogens with one attached hydrogen (secondary N) is 1. The van der Waals surface area contributed by atoms with Crippen molar-refractivity contribution in [1.29, 1.82) is 0 Å². The van der Waals surface area contributed by atoms with Crippen LogP contribution < -0.4 is 5.32 Å². The number of β-amino-alcohol motifs (C(OH)–C–C–N with tert-alkyl or cyclic N) is 1. The van der Waals surface area contributed by atoms with Gasteiger partial charge < -0.3 is 15.5 Å². The molecule has 2 heterocycles. The van der Waals surface area contributed by atoms with E-state index < -0.39 is 12.2 Å². The highest BCUT2D eigenvalue weighted by Crippen LogP contribution is 2.17. The summed E-state index contributed by atoms with van der Waals surface area (Å²) in [6.45, 7) is 0.430. The van der Waals surface area contributed by atoms with Gasteiger partial charge in [0.05, 0.1) is 12.2 Å². The van der Waals surface area contributed by atoms with Crippen LogP contribution in [0.1, 0.15) is 5.56 Å². The maximum absolute atomic E-state index is 9.73. The molecule has 0 amide bonds. The zero-order chi connectivity index (χ0) is 11.8. The Hall–Kier alpha value is -1.50. The van der Waals surface area contributed by atoms with Gasteiger partial charge in [0.15, 0.2) is 0 Å². The average molecular weight is 235 g/mol. The molecule has 1 aromatic heterocycles. The smallest absolute Gasteiger partial charge is 0.135 e. The SMILES string of the molecule is O[C@@H]1[C@@H](O)CN[C@@H]1Cc1ccc2nonc2c1. The van der Waals surface area contributed by atoms with E-state index in [1.165, 1.54) is 0 Å². The summed E-state index contributed by atoms with van der Waals surface area (Å²) >= 11 is 0. The molecule has 3 atom stereocenters. The Labute approximate surface area is 97.2 Å². The lowest BCUT2D eigenvalue weighted by molar-refractivity contribution is 0.0408. The Morgan fingerprint density at radius 1 is 1.29 bits per heavy atom. The third kappa shape index (κ3) is 1.90. The highest BCUT2D eigenvalue weighted by atomic mass is 16.6. The Kier molecular flexibility index (Phi) is 2.54. The van der Waals surface area contributed by atoms with Crippen molar-refractivity contribution >= 4 is 11.0 Å². The molecule has 17 heavy (non-hydrogen) atoms. The molecule has 1 aliphatic heterocycles. The average Bonchev–Trinajstić information content (AvgIpc) is 2.90. The van der Waals surface area contributed by atoms with Crippen LogP contribution in [0.5, 0.6) is 0 Å². The Morgan fingerprint density at radius 3 is 2.88 bits per heavy atom. The summed E-state index contributed by atoms with van der Waals surface area (Å²) in [6, 6.07) is 5.51. The second-order valence-corrected chi connectivity index (χ2v) is 4.36. The van der Waals surface area contributed by atoms with Crippen LogP contribution in [0, 0.1) is 0 Å². The molecule has 0 saturated carbocycles. The molecule has 90 valence electrons. The molecule has 6 heteroatoms. The molecule has 0 aliphatic carbocycles. The third-order valence-electron chi connectivity index (χ3n) is 3.17. The number of fused-ring (bicyclic) bond motifs is 1. The first-order valence-electron chi connectivity index (χ1n) is 5.55. The molecule has 0 bridgehead atoms. The van der Waals surface area contributed by atoms with Crippen molar-refractivity contribution < 1.29 is 14.8 Å². The summed E-state index contributed by atoms with van der Waals surface area (Å²) in [4.78, 5) is 0. The number of aliphatic hydroxyl groups is 2. The largest absolute Gasteiger partial charge is 0.389 e. The van der Waals surface area contributed by atoms with Gasteiger partial charge in [0.25, 0.3) is 0 Å². The maximum atomic E-state index is 9.73. The van der Waals surface area contributed by atoms with E-state index in [1.54, 1.807) is 0 Å². The van der Waals surface area contributed by atoms with Crippen LogP contribution in [0.3, 0.4) is 0 Å². The van der Waals surface area contributed by atoms with Gasteiger partial charge in [-0.15, -0.1) is 0 Å². The van der Waals surface area contributed by atoms with Crippen LogP contribution >= 0.6 is 0 Å². The van der Waals surface area contributed by atoms with E-state index in [1.807, 2.05) is 18.2 Å². The Balaban J connectivity index is 1.80. The van der Waals surface area contributed by atoms with E-state index in [9.17, 15) is 10.2 Å². The number of rotatable bonds is 2. The molecular weight excluding hydrogens is 222 g/mol. The number of aliphatic hydroxyl groups excluding tert-OH is 2. The zero-order valence-corrected chi connectivity index (χ0v) is 9.08. The Morgan fingerprint density at radius 2 is 2.12 bits per heavy atom. The summed E-state index contributed by atoms with van der Waals surface area (Å²) in [5, 5.41) is 29.8. The minimum Gasteiger partial charge on any atom is -0.389 e. The molecule has 1 aromatic carbocycles. The third-order valence-corrected chi connectivity index (χ3v) is 3.17. The molecule has 0 unspecified atom stereocenters. The molecule has 0 spiro atoms. The van der Waals surface area contributed by atoms with Crippen LogP contribution in [0.25, 0.3) is 11.0 Å². The van der Waals surface area contributed by atoms with E-state index in [0.717, 1.165) is 5.56 Å². The number of hydrogen-bond acceptors (Lipinski definition) is 6. The number of benzene rings is 1. The van der Waals surface area contributed by atoms with Gasteiger partial charge in [-0.05, 0) is 34.4 Å². The van der Waals surface area contributed by atoms with Gasteiger partial charge >= 0.3 is 0 Å². The van der Waals surface area contributed by atoms with Gasteiger partial charge in [-0.2, -0.15) is 0 Å². The van der Waals surface area contributed by atoms with Gasteiger partial charge in [-0.1, -0.05) is 6.07 Å². The molecule has 3 N–H and O–H groups in total. The summed E-state index contributed by atoms with van der Waals surface area (Å²) in [5.74, 6) is 0. The van der Waals surface area contributed by atoms with Crippen molar-refractivity contribution in [3.8, 4) is 0 Å². The molecule has 1 aliphatic rings. The second kappa shape index (κ2) is 4.06. The lowest BCUT2D eigenvalue weighted by Crippen LogP contribution is -2.34. The second-order valence-electron chi connectivity index (χ2n) is 4.36. The highest BCUT2D eigenvalue weighted by Gasteiger charge is 2.32. The monoisotopic (exact) mass is 235 g/mol. The van der Waals surface area contributed by atoms with Crippen LogP contribution in [-0.4, -0.2) is 45.3 Å². The topological polar surface area (TPSA) is 91.4 Å². The lowest BCUT2D eigenvalue weighted by atomic mass is 10.0. The number of hydrogen-bond donors (Lipinski definition) is 3. The van der Waals surface area contributed by atoms with Gasteiger partial charge in [0, 0.05) is 12.6 Å². The van der Waals surface area contributed by atoms with Crippen molar-refractivity contribution in [2.45, 2.75) is 24.7 Å². The van der Waals surface area contributed by atoms with E-state index in [0.29, 0.717) is 24.0 Å². The minimum absolute atomic E-state index is 0.123. The normalized spacial score (nSPS) is 28.9. The lowest BCUT2D eigenvalue weighted by Gasteiger charge is -2.15. The fraction of sp³-hybridized carbons (Fsp3) is 0.455. The summed E-state index contributed by atoms with van der Waals surface area (Å²) in [7, 11) is 0. The Bertz CT molecular complexity index is 527. The fourth-order valence-electron chi connectivity index (χ4n) is 2.18. The quantitative estimate of drug-likeness (QED) is 0.647. The van der Waals surface area contributed by atoms with Gasteiger partial charge in [0.1, 0.15) is 11.0 Å². The van der Waals surface area contributed by atoms with Crippen molar-refractivity contribution in [2.24, 2.45) is 0 Å². The molecule has 1 saturated heterocycles. The van der Waals surface area contributed by atoms with E-state index in [2.05, 4.69) is 20.3 Å². The van der Waals surface area contributed by atoms with Gasteiger partial charge in [0.2, 0.25) is 0 Å².